The molecule has 0 bridgehead atoms. The van der Waals surface area contributed by atoms with Crippen molar-refractivity contribution in [3.8, 4) is 5.75 Å². The van der Waals surface area contributed by atoms with Crippen molar-refractivity contribution < 1.29 is 14.7 Å². The monoisotopic (exact) mass is 337 g/mol. The molecule has 2 amide bonds. The van der Waals surface area contributed by atoms with Gasteiger partial charge in [-0.05, 0) is 30.3 Å². The second kappa shape index (κ2) is 6.12. The van der Waals surface area contributed by atoms with E-state index in [1.807, 2.05) is 0 Å². The highest BCUT2D eigenvalue weighted by atomic mass is 16.3. The summed E-state index contributed by atoms with van der Waals surface area (Å²) < 4.78 is 1.22. The first-order valence-electron chi connectivity index (χ1n) is 7.42. The summed E-state index contributed by atoms with van der Waals surface area (Å²) in [6.07, 6.45) is 0. The van der Waals surface area contributed by atoms with Gasteiger partial charge in [-0.1, -0.05) is 18.2 Å². The Morgan fingerprint density at radius 1 is 1.12 bits per heavy atom. The molecule has 0 saturated carbocycles. The molecule has 1 heterocycles. The predicted molar refractivity (Wildman–Crippen MR) is 93.8 cm³/mol. The van der Waals surface area contributed by atoms with Crippen LogP contribution < -0.4 is 16.6 Å². The number of anilines is 1. The van der Waals surface area contributed by atoms with Crippen LogP contribution in [0.25, 0.3) is 10.9 Å². The van der Waals surface area contributed by atoms with E-state index < -0.39 is 22.8 Å². The lowest BCUT2D eigenvalue weighted by Crippen LogP contribution is -2.28. The van der Waals surface area contributed by atoms with Crippen molar-refractivity contribution >= 4 is 28.4 Å². The summed E-state index contributed by atoms with van der Waals surface area (Å²) in [6, 6.07) is 13.3. The van der Waals surface area contributed by atoms with Crippen molar-refractivity contribution in [3.05, 3.63) is 70.0 Å². The summed E-state index contributed by atoms with van der Waals surface area (Å²) in [7, 11) is 1.47. The van der Waals surface area contributed by atoms with Gasteiger partial charge in [-0.15, -0.1) is 0 Å². The molecule has 126 valence electrons. The van der Waals surface area contributed by atoms with Crippen LogP contribution in [-0.2, 0) is 7.05 Å². The van der Waals surface area contributed by atoms with E-state index in [1.54, 1.807) is 42.5 Å². The lowest BCUT2D eigenvalue weighted by molar-refractivity contribution is 0.0993. The van der Waals surface area contributed by atoms with Gasteiger partial charge in [0.2, 0.25) is 0 Å². The molecule has 0 aliphatic rings. The molecule has 7 heteroatoms. The zero-order valence-electron chi connectivity index (χ0n) is 13.3. The van der Waals surface area contributed by atoms with E-state index in [-0.39, 0.29) is 11.3 Å². The number of carbonyl (C=O) groups excluding carboxylic acids is 2. The number of primary amides is 1. The Bertz CT molecular complexity index is 1060. The third kappa shape index (κ3) is 2.83. The molecule has 0 saturated heterocycles. The van der Waals surface area contributed by atoms with Crippen molar-refractivity contribution in [2.75, 3.05) is 5.32 Å². The summed E-state index contributed by atoms with van der Waals surface area (Å²) in [4.78, 5) is 35.8. The minimum atomic E-state index is -1.02. The molecule has 0 aliphatic carbocycles. The highest BCUT2D eigenvalue weighted by molar-refractivity contribution is 6.06. The largest absolute Gasteiger partial charge is 0.506 e. The third-order valence-electron chi connectivity index (χ3n) is 3.91. The summed E-state index contributed by atoms with van der Waals surface area (Å²) in [5.41, 5.74) is 5.31. The van der Waals surface area contributed by atoms with Crippen molar-refractivity contribution in [1.29, 1.82) is 0 Å². The summed E-state index contributed by atoms with van der Waals surface area (Å²) in [5, 5.41) is 13.2. The van der Waals surface area contributed by atoms with Crippen LogP contribution in [0.1, 0.15) is 20.7 Å². The fourth-order valence-corrected chi connectivity index (χ4v) is 2.62. The van der Waals surface area contributed by atoms with Gasteiger partial charge in [0.15, 0.2) is 0 Å². The highest BCUT2D eigenvalue weighted by Gasteiger charge is 2.19. The van der Waals surface area contributed by atoms with Crippen LogP contribution >= 0.6 is 0 Å². The smallest absolute Gasteiger partial charge is 0.267 e. The fourth-order valence-electron chi connectivity index (χ4n) is 2.62. The number of pyridine rings is 1. The molecule has 0 unspecified atom stereocenters. The molecule has 3 aromatic rings. The third-order valence-corrected chi connectivity index (χ3v) is 3.91. The van der Waals surface area contributed by atoms with Crippen LogP contribution in [0.15, 0.2) is 53.3 Å². The molecule has 0 spiro atoms. The van der Waals surface area contributed by atoms with Crippen molar-refractivity contribution in [2.45, 2.75) is 0 Å². The maximum Gasteiger partial charge on any atom is 0.267 e. The summed E-state index contributed by atoms with van der Waals surface area (Å²) in [6.45, 7) is 0. The molecule has 0 atom stereocenters. The number of nitrogens with one attached hydrogen (secondary N) is 1. The topological polar surface area (TPSA) is 114 Å². The molecule has 4 N–H and O–H groups in total. The Morgan fingerprint density at radius 2 is 1.80 bits per heavy atom. The van der Waals surface area contributed by atoms with E-state index in [0.717, 1.165) is 0 Å². The Morgan fingerprint density at radius 3 is 2.44 bits per heavy atom. The van der Waals surface area contributed by atoms with Crippen LogP contribution in [0.3, 0.4) is 0 Å². The molecule has 7 nitrogen and oxygen atoms in total. The lowest BCUT2D eigenvalue weighted by Gasteiger charge is -2.12. The first kappa shape index (κ1) is 16.3. The predicted octanol–water partition coefficient (Wildman–Crippen LogP) is 1.60. The second-order valence-electron chi connectivity index (χ2n) is 5.50. The standard InChI is InChI=1S/C18H15N3O4/c1-21-13-8-7-11(20-17(24)10-5-3-2-4-6-10)9-12(13)15(22)14(16(19)23)18(21)25/h2-9,22H,1H3,(H2,19,23)(H,20,24). The van der Waals surface area contributed by atoms with Gasteiger partial charge >= 0.3 is 0 Å². The van der Waals surface area contributed by atoms with Crippen LogP contribution in [0.4, 0.5) is 5.69 Å². The zero-order valence-corrected chi connectivity index (χ0v) is 13.3. The molecule has 25 heavy (non-hydrogen) atoms. The van der Waals surface area contributed by atoms with Crippen LogP contribution in [0.2, 0.25) is 0 Å². The number of benzene rings is 2. The van der Waals surface area contributed by atoms with E-state index in [4.69, 9.17) is 5.73 Å². The first-order chi connectivity index (χ1) is 11.9. The molecule has 0 radical (unpaired) electrons. The zero-order chi connectivity index (χ0) is 18.1. The van der Waals surface area contributed by atoms with Gasteiger partial charge in [0.1, 0.15) is 11.3 Å². The Labute approximate surface area is 142 Å². The second-order valence-corrected chi connectivity index (χ2v) is 5.50. The van der Waals surface area contributed by atoms with Gasteiger partial charge in [-0.3, -0.25) is 14.4 Å². The molecule has 0 aliphatic heterocycles. The first-order valence-corrected chi connectivity index (χ1v) is 7.42. The number of aryl methyl sites for hydroxylation is 1. The molecule has 3 rings (SSSR count). The minimum Gasteiger partial charge on any atom is -0.506 e. The molecular weight excluding hydrogens is 322 g/mol. The Kier molecular flexibility index (Phi) is 3.98. The van der Waals surface area contributed by atoms with Gasteiger partial charge in [0.05, 0.1) is 5.52 Å². The van der Waals surface area contributed by atoms with E-state index in [0.29, 0.717) is 16.8 Å². The van der Waals surface area contributed by atoms with Gasteiger partial charge < -0.3 is 20.7 Å². The SMILES string of the molecule is Cn1c(=O)c(C(N)=O)c(O)c2cc(NC(=O)c3ccccc3)ccc21. The fraction of sp³-hybridized carbons (Fsp3) is 0.0556. The number of fused-ring (bicyclic) bond motifs is 1. The quantitative estimate of drug-likeness (QED) is 0.673. The van der Waals surface area contributed by atoms with Crippen LogP contribution in [0, 0.1) is 0 Å². The van der Waals surface area contributed by atoms with E-state index in [9.17, 15) is 19.5 Å². The number of aromatic hydroxyl groups is 1. The Hall–Kier alpha value is -3.61. The summed E-state index contributed by atoms with van der Waals surface area (Å²) in [5.74, 6) is -1.83. The lowest BCUT2D eigenvalue weighted by atomic mass is 10.1. The maximum absolute atomic E-state index is 12.2. The number of nitrogens with zero attached hydrogens (tertiary/aromatic N) is 1. The number of aromatic nitrogens is 1. The van der Waals surface area contributed by atoms with E-state index in [1.165, 1.54) is 17.7 Å². The maximum atomic E-state index is 12.2. The number of hydrogen-bond acceptors (Lipinski definition) is 4. The normalized spacial score (nSPS) is 10.6. The van der Waals surface area contributed by atoms with Crippen molar-refractivity contribution in [3.63, 3.8) is 0 Å². The molecule has 1 aromatic heterocycles. The number of amides is 2. The summed E-state index contributed by atoms with van der Waals surface area (Å²) >= 11 is 0. The van der Waals surface area contributed by atoms with Crippen LogP contribution in [0.5, 0.6) is 5.75 Å². The average Bonchev–Trinajstić information content (AvgIpc) is 2.60. The van der Waals surface area contributed by atoms with E-state index in [2.05, 4.69) is 5.32 Å². The van der Waals surface area contributed by atoms with Gasteiger partial charge in [-0.25, -0.2) is 0 Å². The minimum absolute atomic E-state index is 0.238. The van der Waals surface area contributed by atoms with Crippen molar-refractivity contribution in [2.24, 2.45) is 12.8 Å². The highest BCUT2D eigenvalue weighted by Crippen LogP contribution is 2.28. The molecule has 2 aromatic carbocycles. The van der Waals surface area contributed by atoms with Crippen molar-refractivity contribution in [1.82, 2.24) is 4.57 Å². The average molecular weight is 337 g/mol. The van der Waals surface area contributed by atoms with Crippen LogP contribution in [-0.4, -0.2) is 21.5 Å². The molecule has 0 fully saturated rings. The Balaban J connectivity index is 2.10. The van der Waals surface area contributed by atoms with Gasteiger partial charge in [0.25, 0.3) is 17.4 Å². The number of nitrogens with two attached hydrogens (primary N) is 1. The van der Waals surface area contributed by atoms with Gasteiger partial charge in [0, 0.05) is 23.7 Å². The number of hydrogen-bond donors (Lipinski definition) is 3. The number of rotatable bonds is 3. The molecular formula is C18H15N3O4. The number of carbonyl (C=O) groups is 2. The van der Waals surface area contributed by atoms with Gasteiger partial charge in [-0.2, -0.15) is 0 Å². The van der Waals surface area contributed by atoms with E-state index >= 15 is 0 Å².